The fraction of sp³-hybridized carbons (Fsp3) is 0.650. The SMILES string of the molecule is CN=C(NCc1ccc(C)cc1OCCOC)NCC1(SC)CCOCC1. The van der Waals surface area contributed by atoms with Crippen molar-refractivity contribution in [2.24, 2.45) is 4.99 Å². The number of aliphatic imine (C=N–C) groups is 1. The number of ether oxygens (including phenoxy) is 3. The molecule has 27 heavy (non-hydrogen) atoms. The molecule has 1 fully saturated rings. The number of hydrogen-bond donors (Lipinski definition) is 2. The molecule has 0 aromatic heterocycles. The summed E-state index contributed by atoms with van der Waals surface area (Å²) in [6.45, 7) is 6.37. The monoisotopic (exact) mass is 395 g/mol. The van der Waals surface area contributed by atoms with E-state index in [4.69, 9.17) is 14.2 Å². The molecule has 0 unspecified atom stereocenters. The quantitative estimate of drug-likeness (QED) is 0.381. The summed E-state index contributed by atoms with van der Waals surface area (Å²) < 4.78 is 16.7. The smallest absolute Gasteiger partial charge is 0.191 e. The third-order valence-electron chi connectivity index (χ3n) is 4.85. The van der Waals surface area contributed by atoms with Crippen LogP contribution in [0.4, 0.5) is 0 Å². The number of nitrogens with one attached hydrogen (secondary N) is 2. The molecule has 7 heteroatoms. The van der Waals surface area contributed by atoms with Crippen molar-refractivity contribution in [3.63, 3.8) is 0 Å². The second-order valence-corrected chi connectivity index (χ2v) is 8.01. The standard InChI is InChI=1S/C20H33N3O3S/c1-16-5-6-17(18(13-16)26-12-11-24-3)14-22-19(21-2)23-15-20(27-4)7-9-25-10-8-20/h5-6,13H,7-12,14-15H2,1-4H3,(H2,21,22,23). The van der Waals surface area contributed by atoms with Gasteiger partial charge in [-0.1, -0.05) is 12.1 Å². The molecule has 1 aliphatic rings. The Morgan fingerprint density at radius 2 is 2.04 bits per heavy atom. The first kappa shape index (κ1) is 21.9. The average Bonchev–Trinajstić information content (AvgIpc) is 2.70. The van der Waals surface area contributed by atoms with Crippen LogP contribution in [0.5, 0.6) is 5.75 Å². The molecule has 1 heterocycles. The molecule has 1 aliphatic heterocycles. The lowest BCUT2D eigenvalue weighted by molar-refractivity contribution is 0.0783. The summed E-state index contributed by atoms with van der Waals surface area (Å²) in [7, 11) is 3.48. The third-order valence-corrected chi connectivity index (χ3v) is 6.27. The minimum absolute atomic E-state index is 0.216. The Labute approximate surface area is 167 Å². The summed E-state index contributed by atoms with van der Waals surface area (Å²) in [5, 5.41) is 6.89. The second kappa shape index (κ2) is 11.4. The van der Waals surface area contributed by atoms with Gasteiger partial charge in [0.25, 0.3) is 0 Å². The summed E-state index contributed by atoms with van der Waals surface area (Å²) >= 11 is 1.92. The highest BCUT2D eigenvalue weighted by Crippen LogP contribution is 2.32. The molecule has 0 spiro atoms. The Bertz CT molecular complexity index is 604. The molecule has 2 N–H and O–H groups in total. The summed E-state index contributed by atoms with van der Waals surface area (Å²) in [6, 6.07) is 6.26. The Morgan fingerprint density at radius 1 is 1.26 bits per heavy atom. The molecular weight excluding hydrogens is 362 g/mol. The van der Waals surface area contributed by atoms with Gasteiger partial charge in [-0.15, -0.1) is 0 Å². The summed E-state index contributed by atoms with van der Waals surface area (Å²) in [5.41, 5.74) is 2.28. The van der Waals surface area contributed by atoms with E-state index in [2.05, 4.69) is 47.0 Å². The summed E-state index contributed by atoms with van der Waals surface area (Å²) in [5.74, 6) is 1.69. The molecule has 0 bridgehead atoms. The highest BCUT2D eigenvalue weighted by molar-refractivity contribution is 8.00. The predicted molar refractivity (Wildman–Crippen MR) is 113 cm³/mol. The lowest BCUT2D eigenvalue weighted by Crippen LogP contribution is -2.47. The maximum absolute atomic E-state index is 5.87. The number of benzene rings is 1. The van der Waals surface area contributed by atoms with Gasteiger partial charge >= 0.3 is 0 Å². The van der Waals surface area contributed by atoms with Gasteiger partial charge in [0, 0.05) is 50.8 Å². The minimum atomic E-state index is 0.216. The summed E-state index contributed by atoms with van der Waals surface area (Å²) in [6.07, 6.45) is 4.31. The number of aryl methyl sites for hydroxylation is 1. The fourth-order valence-electron chi connectivity index (χ4n) is 3.02. The van der Waals surface area contributed by atoms with E-state index in [0.717, 1.165) is 49.9 Å². The van der Waals surface area contributed by atoms with Crippen LogP contribution in [-0.4, -0.2) is 64.1 Å². The molecule has 0 amide bonds. The highest BCUT2D eigenvalue weighted by atomic mass is 32.2. The summed E-state index contributed by atoms with van der Waals surface area (Å²) in [4.78, 5) is 4.37. The Kier molecular flexibility index (Phi) is 9.24. The molecule has 0 radical (unpaired) electrons. The van der Waals surface area contributed by atoms with Gasteiger partial charge in [-0.2, -0.15) is 11.8 Å². The van der Waals surface area contributed by atoms with E-state index in [1.54, 1.807) is 14.2 Å². The van der Waals surface area contributed by atoms with Crippen LogP contribution in [0.15, 0.2) is 23.2 Å². The van der Waals surface area contributed by atoms with E-state index in [0.29, 0.717) is 19.8 Å². The minimum Gasteiger partial charge on any atom is -0.491 e. The molecule has 0 saturated carbocycles. The van der Waals surface area contributed by atoms with Crippen LogP contribution in [0.2, 0.25) is 0 Å². The van der Waals surface area contributed by atoms with E-state index < -0.39 is 0 Å². The maximum atomic E-state index is 5.87. The molecule has 1 aromatic carbocycles. The number of nitrogens with zero attached hydrogens (tertiary/aromatic N) is 1. The average molecular weight is 396 g/mol. The fourth-order valence-corrected chi connectivity index (χ4v) is 3.81. The van der Waals surface area contributed by atoms with Crippen molar-refractivity contribution in [2.45, 2.75) is 31.1 Å². The number of guanidine groups is 1. The number of methoxy groups -OCH3 is 1. The molecule has 152 valence electrons. The van der Waals surface area contributed by atoms with Crippen LogP contribution in [0.25, 0.3) is 0 Å². The van der Waals surface area contributed by atoms with Gasteiger partial charge in [-0.25, -0.2) is 0 Å². The van der Waals surface area contributed by atoms with Crippen molar-refractivity contribution in [2.75, 3.05) is 53.4 Å². The van der Waals surface area contributed by atoms with E-state index >= 15 is 0 Å². The molecule has 0 aliphatic carbocycles. The van der Waals surface area contributed by atoms with E-state index in [-0.39, 0.29) is 4.75 Å². The largest absolute Gasteiger partial charge is 0.491 e. The normalized spacial score (nSPS) is 16.8. The van der Waals surface area contributed by atoms with Gasteiger partial charge in [-0.3, -0.25) is 4.99 Å². The number of hydrogen-bond acceptors (Lipinski definition) is 5. The van der Waals surface area contributed by atoms with Crippen molar-refractivity contribution in [1.82, 2.24) is 10.6 Å². The number of rotatable bonds is 9. The van der Waals surface area contributed by atoms with Crippen LogP contribution >= 0.6 is 11.8 Å². The van der Waals surface area contributed by atoms with Gasteiger partial charge in [0.1, 0.15) is 12.4 Å². The predicted octanol–water partition coefficient (Wildman–Crippen LogP) is 2.60. The van der Waals surface area contributed by atoms with Gasteiger partial charge in [0.2, 0.25) is 0 Å². The van der Waals surface area contributed by atoms with Crippen molar-refractivity contribution >= 4 is 17.7 Å². The zero-order valence-corrected chi connectivity index (χ0v) is 17.8. The van der Waals surface area contributed by atoms with Gasteiger partial charge in [-0.05, 0) is 37.7 Å². The van der Waals surface area contributed by atoms with Crippen LogP contribution in [0, 0.1) is 6.92 Å². The van der Waals surface area contributed by atoms with Gasteiger partial charge < -0.3 is 24.8 Å². The van der Waals surface area contributed by atoms with E-state index in [1.807, 2.05) is 11.8 Å². The van der Waals surface area contributed by atoms with Crippen LogP contribution < -0.4 is 15.4 Å². The number of thioether (sulfide) groups is 1. The topological polar surface area (TPSA) is 64.1 Å². The van der Waals surface area contributed by atoms with Crippen LogP contribution in [0.3, 0.4) is 0 Å². The molecule has 1 aromatic rings. The first-order valence-corrected chi connectivity index (χ1v) is 10.6. The van der Waals surface area contributed by atoms with E-state index in [1.165, 1.54) is 5.56 Å². The Morgan fingerprint density at radius 3 is 2.70 bits per heavy atom. The highest BCUT2D eigenvalue weighted by Gasteiger charge is 2.31. The van der Waals surface area contributed by atoms with Crippen LogP contribution in [0.1, 0.15) is 24.0 Å². The molecule has 2 rings (SSSR count). The Hall–Kier alpha value is -1.44. The van der Waals surface area contributed by atoms with Crippen LogP contribution in [-0.2, 0) is 16.0 Å². The lowest BCUT2D eigenvalue weighted by Gasteiger charge is -2.36. The van der Waals surface area contributed by atoms with Gasteiger partial charge in [0.05, 0.1) is 6.61 Å². The Balaban J connectivity index is 1.91. The molecule has 6 nitrogen and oxygen atoms in total. The zero-order valence-electron chi connectivity index (χ0n) is 17.0. The first-order chi connectivity index (χ1) is 13.1. The van der Waals surface area contributed by atoms with Crippen molar-refractivity contribution < 1.29 is 14.2 Å². The lowest BCUT2D eigenvalue weighted by atomic mass is 9.99. The third kappa shape index (κ3) is 6.90. The molecular formula is C20H33N3O3S. The van der Waals surface area contributed by atoms with E-state index in [9.17, 15) is 0 Å². The van der Waals surface area contributed by atoms with Crippen molar-refractivity contribution in [3.8, 4) is 5.75 Å². The van der Waals surface area contributed by atoms with Crippen molar-refractivity contribution in [3.05, 3.63) is 29.3 Å². The van der Waals surface area contributed by atoms with Crippen molar-refractivity contribution in [1.29, 1.82) is 0 Å². The van der Waals surface area contributed by atoms with Gasteiger partial charge in [0.15, 0.2) is 5.96 Å². The first-order valence-electron chi connectivity index (χ1n) is 9.41. The molecule has 0 atom stereocenters. The molecule has 1 saturated heterocycles. The zero-order chi connectivity index (χ0) is 19.5. The maximum Gasteiger partial charge on any atom is 0.191 e. The second-order valence-electron chi connectivity index (χ2n) is 6.73.